The van der Waals surface area contributed by atoms with Gasteiger partial charge in [0.15, 0.2) is 0 Å². The van der Waals surface area contributed by atoms with Gasteiger partial charge < -0.3 is 19.9 Å². The Hall–Kier alpha value is -3.64. The number of morpholine rings is 1. The molecule has 1 aliphatic rings. The van der Waals surface area contributed by atoms with E-state index in [9.17, 15) is 9.59 Å². The second-order valence-corrected chi connectivity index (χ2v) is 7.37. The zero-order valence-corrected chi connectivity index (χ0v) is 16.4. The van der Waals surface area contributed by atoms with E-state index in [0.717, 1.165) is 21.7 Å². The number of aromatic nitrogens is 1. The van der Waals surface area contributed by atoms with E-state index in [0.29, 0.717) is 43.2 Å². The maximum Gasteiger partial charge on any atom is 0.272 e. The maximum absolute atomic E-state index is 12.8. The normalized spacial score (nSPS) is 14.2. The zero-order chi connectivity index (χ0) is 20.5. The van der Waals surface area contributed by atoms with Crippen LogP contribution in [0.5, 0.6) is 0 Å². The Labute approximate surface area is 173 Å². The van der Waals surface area contributed by atoms with Crippen molar-refractivity contribution in [1.29, 1.82) is 0 Å². The van der Waals surface area contributed by atoms with Gasteiger partial charge in [-0.05, 0) is 41.1 Å². The van der Waals surface area contributed by atoms with Crippen LogP contribution >= 0.6 is 0 Å². The standard InChI is InChI=1S/C24H21N3O3/c28-23(22-15-20-19-7-2-1-4-16(19)8-9-21(20)26-22)25-18-6-3-5-17(14-18)24(29)27-10-12-30-13-11-27/h1-9,14-15,26H,10-13H2,(H,25,28). The molecule has 6 nitrogen and oxygen atoms in total. The summed E-state index contributed by atoms with van der Waals surface area (Å²) < 4.78 is 5.31. The Morgan fingerprint density at radius 1 is 0.900 bits per heavy atom. The van der Waals surface area contributed by atoms with Crippen molar-refractivity contribution in [3.8, 4) is 0 Å². The van der Waals surface area contributed by atoms with Gasteiger partial charge in [0.1, 0.15) is 5.69 Å². The summed E-state index contributed by atoms with van der Waals surface area (Å²) in [6.45, 7) is 2.27. The predicted molar refractivity (Wildman–Crippen MR) is 117 cm³/mol. The van der Waals surface area contributed by atoms with Gasteiger partial charge in [-0.15, -0.1) is 0 Å². The minimum atomic E-state index is -0.244. The van der Waals surface area contributed by atoms with Gasteiger partial charge >= 0.3 is 0 Å². The number of benzene rings is 3. The highest BCUT2D eigenvalue weighted by molar-refractivity contribution is 6.12. The summed E-state index contributed by atoms with van der Waals surface area (Å²) in [6, 6.07) is 21.0. The lowest BCUT2D eigenvalue weighted by atomic mass is 10.1. The van der Waals surface area contributed by atoms with Crippen molar-refractivity contribution in [2.24, 2.45) is 0 Å². The van der Waals surface area contributed by atoms with Crippen molar-refractivity contribution in [3.05, 3.63) is 78.0 Å². The maximum atomic E-state index is 12.8. The number of anilines is 1. The van der Waals surface area contributed by atoms with E-state index in [1.165, 1.54) is 0 Å². The Balaban J connectivity index is 1.39. The third-order valence-electron chi connectivity index (χ3n) is 5.44. The fraction of sp³-hybridized carbons (Fsp3) is 0.167. The summed E-state index contributed by atoms with van der Waals surface area (Å²) in [6.07, 6.45) is 0. The molecule has 1 saturated heterocycles. The van der Waals surface area contributed by atoms with Crippen LogP contribution in [0.3, 0.4) is 0 Å². The number of fused-ring (bicyclic) bond motifs is 3. The number of H-pyrrole nitrogens is 1. The molecule has 150 valence electrons. The number of hydrogen-bond acceptors (Lipinski definition) is 3. The van der Waals surface area contributed by atoms with E-state index in [-0.39, 0.29) is 11.8 Å². The molecule has 30 heavy (non-hydrogen) atoms. The third-order valence-corrected chi connectivity index (χ3v) is 5.44. The molecule has 1 aromatic heterocycles. The van der Waals surface area contributed by atoms with Crippen molar-refractivity contribution >= 4 is 39.2 Å². The molecule has 0 atom stereocenters. The van der Waals surface area contributed by atoms with E-state index in [2.05, 4.69) is 16.4 Å². The molecule has 5 rings (SSSR count). The highest BCUT2D eigenvalue weighted by Crippen LogP contribution is 2.26. The number of rotatable bonds is 3. The number of nitrogens with zero attached hydrogens (tertiary/aromatic N) is 1. The summed E-state index contributed by atoms with van der Waals surface area (Å²) in [7, 11) is 0. The van der Waals surface area contributed by atoms with E-state index in [4.69, 9.17) is 4.74 Å². The topological polar surface area (TPSA) is 74.4 Å². The summed E-state index contributed by atoms with van der Waals surface area (Å²) in [5.74, 6) is -0.294. The third kappa shape index (κ3) is 3.42. The van der Waals surface area contributed by atoms with Crippen LogP contribution in [0.4, 0.5) is 5.69 Å². The van der Waals surface area contributed by atoms with E-state index < -0.39 is 0 Å². The molecule has 3 aromatic carbocycles. The molecular formula is C24H21N3O3. The summed E-state index contributed by atoms with van der Waals surface area (Å²) in [5.41, 5.74) is 2.53. The summed E-state index contributed by atoms with van der Waals surface area (Å²) in [4.78, 5) is 30.5. The second kappa shape index (κ2) is 7.65. The number of carbonyl (C=O) groups excluding carboxylic acids is 2. The quantitative estimate of drug-likeness (QED) is 0.546. The van der Waals surface area contributed by atoms with Crippen LogP contribution in [-0.4, -0.2) is 48.0 Å². The highest BCUT2D eigenvalue weighted by atomic mass is 16.5. The molecule has 2 N–H and O–H groups in total. The Kier molecular flexibility index (Phi) is 4.69. The molecule has 1 aliphatic heterocycles. The highest BCUT2D eigenvalue weighted by Gasteiger charge is 2.19. The van der Waals surface area contributed by atoms with Crippen molar-refractivity contribution in [1.82, 2.24) is 9.88 Å². The smallest absolute Gasteiger partial charge is 0.272 e. The average molecular weight is 399 g/mol. The van der Waals surface area contributed by atoms with Gasteiger partial charge in [-0.2, -0.15) is 0 Å². The molecule has 1 fully saturated rings. The number of carbonyl (C=O) groups is 2. The zero-order valence-electron chi connectivity index (χ0n) is 16.4. The Morgan fingerprint density at radius 2 is 1.73 bits per heavy atom. The molecule has 0 bridgehead atoms. The van der Waals surface area contributed by atoms with Crippen molar-refractivity contribution in [2.45, 2.75) is 0 Å². The summed E-state index contributed by atoms with van der Waals surface area (Å²) >= 11 is 0. The van der Waals surface area contributed by atoms with Crippen LogP contribution in [0.1, 0.15) is 20.8 Å². The first kappa shape index (κ1) is 18.4. The molecule has 6 heteroatoms. The lowest BCUT2D eigenvalue weighted by Gasteiger charge is -2.27. The molecule has 2 amide bonds. The van der Waals surface area contributed by atoms with Crippen molar-refractivity contribution < 1.29 is 14.3 Å². The van der Waals surface area contributed by atoms with Crippen LogP contribution in [0.25, 0.3) is 21.7 Å². The minimum absolute atomic E-state index is 0.0496. The van der Waals surface area contributed by atoms with Gasteiger partial charge in [-0.3, -0.25) is 9.59 Å². The molecule has 0 saturated carbocycles. The number of nitrogens with one attached hydrogen (secondary N) is 2. The van der Waals surface area contributed by atoms with E-state index in [1.54, 1.807) is 29.2 Å². The molecule has 2 heterocycles. The second-order valence-electron chi connectivity index (χ2n) is 7.37. The molecular weight excluding hydrogens is 378 g/mol. The number of ether oxygens (including phenoxy) is 1. The van der Waals surface area contributed by atoms with Crippen LogP contribution in [0, 0.1) is 0 Å². The number of amides is 2. The van der Waals surface area contributed by atoms with Gasteiger partial charge in [0.05, 0.1) is 13.2 Å². The van der Waals surface area contributed by atoms with Gasteiger partial charge in [0, 0.05) is 35.2 Å². The molecule has 0 spiro atoms. The number of hydrogen-bond donors (Lipinski definition) is 2. The lowest BCUT2D eigenvalue weighted by Crippen LogP contribution is -2.40. The predicted octanol–water partition coefficient (Wildman–Crippen LogP) is 4.05. The first-order valence-electron chi connectivity index (χ1n) is 9.98. The van der Waals surface area contributed by atoms with E-state index in [1.807, 2.05) is 36.4 Å². The van der Waals surface area contributed by atoms with Crippen LogP contribution < -0.4 is 5.32 Å². The number of aromatic amines is 1. The molecule has 0 unspecified atom stereocenters. The fourth-order valence-corrected chi connectivity index (χ4v) is 3.89. The van der Waals surface area contributed by atoms with Gasteiger partial charge in [-0.25, -0.2) is 0 Å². The van der Waals surface area contributed by atoms with Gasteiger partial charge in [-0.1, -0.05) is 36.4 Å². The molecule has 0 aliphatic carbocycles. The lowest BCUT2D eigenvalue weighted by molar-refractivity contribution is 0.0303. The van der Waals surface area contributed by atoms with Gasteiger partial charge in [0.25, 0.3) is 11.8 Å². The first-order chi connectivity index (χ1) is 14.7. The average Bonchev–Trinajstić information content (AvgIpc) is 3.25. The molecule has 4 aromatic rings. The van der Waals surface area contributed by atoms with Crippen LogP contribution in [0.15, 0.2) is 66.7 Å². The van der Waals surface area contributed by atoms with Crippen LogP contribution in [0.2, 0.25) is 0 Å². The largest absolute Gasteiger partial charge is 0.378 e. The van der Waals surface area contributed by atoms with Gasteiger partial charge in [0.2, 0.25) is 0 Å². The Morgan fingerprint density at radius 3 is 2.60 bits per heavy atom. The first-order valence-corrected chi connectivity index (χ1v) is 9.98. The van der Waals surface area contributed by atoms with Crippen molar-refractivity contribution in [2.75, 3.05) is 31.6 Å². The minimum Gasteiger partial charge on any atom is -0.378 e. The fourth-order valence-electron chi connectivity index (χ4n) is 3.89. The SMILES string of the molecule is O=C(Nc1cccc(C(=O)N2CCOCC2)c1)c1cc2c(ccc3ccccc32)[nH]1. The summed E-state index contributed by atoms with van der Waals surface area (Å²) in [5, 5.41) is 6.14. The van der Waals surface area contributed by atoms with E-state index >= 15 is 0 Å². The van der Waals surface area contributed by atoms with Crippen molar-refractivity contribution in [3.63, 3.8) is 0 Å². The molecule has 0 radical (unpaired) electrons. The monoisotopic (exact) mass is 399 g/mol. The van der Waals surface area contributed by atoms with Crippen LogP contribution in [-0.2, 0) is 4.74 Å². The Bertz CT molecular complexity index is 1260.